The number of nitro benzene ring substituents is 1. The molecule has 0 heterocycles. The van der Waals surface area contributed by atoms with Gasteiger partial charge in [0.1, 0.15) is 22.1 Å². The Morgan fingerprint density at radius 1 is 1.33 bits per heavy atom. The third-order valence-corrected chi connectivity index (χ3v) is 3.50. The zero-order valence-corrected chi connectivity index (χ0v) is 12.6. The van der Waals surface area contributed by atoms with Crippen LogP contribution < -0.4 is 4.74 Å². The highest BCUT2D eigenvalue weighted by molar-refractivity contribution is 9.10. The van der Waals surface area contributed by atoms with Crippen LogP contribution in [-0.2, 0) is 0 Å². The van der Waals surface area contributed by atoms with Gasteiger partial charge in [-0.1, -0.05) is 17.7 Å². The molecular weight excluding hydrogens is 366 g/mol. The van der Waals surface area contributed by atoms with E-state index >= 15 is 0 Å². The molecule has 2 rings (SSSR count). The number of aromatic carboxylic acids is 1. The number of benzene rings is 2. The minimum Gasteiger partial charge on any atom is -0.478 e. The summed E-state index contributed by atoms with van der Waals surface area (Å²) in [6.07, 6.45) is 0. The van der Waals surface area contributed by atoms with Crippen LogP contribution in [0, 0.1) is 10.1 Å². The highest BCUT2D eigenvalue weighted by atomic mass is 79.9. The van der Waals surface area contributed by atoms with Gasteiger partial charge in [0.15, 0.2) is 0 Å². The molecule has 0 atom stereocenters. The van der Waals surface area contributed by atoms with E-state index < -0.39 is 10.9 Å². The zero-order valence-electron chi connectivity index (χ0n) is 10.2. The van der Waals surface area contributed by atoms with Crippen molar-refractivity contribution in [2.75, 3.05) is 0 Å². The Kier molecular flexibility index (Phi) is 4.44. The SMILES string of the molecule is O=C(O)c1c(Br)cccc1Oc1ccc([N+](=O)[O-])c(Cl)c1. The molecule has 0 amide bonds. The third-order valence-electron chi connectivity index (χ3n) is 2.53. The van der Waals surface area contributed by atoms with E-state index in [4.69, 9.17) is 16.3 Å². The molecule has 6 nitrogen and oxygen atoms in total. The Morgan fingerprint density at radius 2 is 2.05 bits per heavy atom. The van der Waals surface area contributed by atoms with Crippen LogP contribution in [0.2, 0.25) is 5.02 Å². The van der Waals surface area contributed by atoms with Crippen LogP contribution in [0.15, 0.2) is 40.9 Å². The molecule has 108 valence electrons. The molecular formula is C13H7BrClNO5. The molecule has 8 heteroatoms. The van der Waals surface area contributed by atoms with Crippen LogP contribution in [0.5, 0.6) is 11.5 Å². The minimum atomic E-state index is -1.16. The van der Waals surface area contributed by atoms with Crippen molar-refractivity contribution in [1.29, 1.82) is 0 Å². The predicted molar refractivity (Wildman–Crippen MR) is 79.3 cm³/mol. The first-order valence-corrected chi connectivity index (χ1v) is 6.71. The van der Waals surface area contributed by atoms with Gasteiger partial charge in [-0.15, -0.1) is 0 Å². The van der Waals surface area contributed by atoms with E-state index in [0.29, 0.717) is 4.47 Å². The number of carbonyl (C=O) groups is 1. The van der Waals surface area contributed by atoms with Crippen molar-refractivity contribution in [1.82, 2.24) is 0 Å². The van der Waals surface area contributed by atoms with Gasteiger partial charge in [-0.05, 0) is 34.1 Å². The number of nitrogens with zero attached hydrogens (tertiary/aromatic N) is 1. The predicted octanol–water partition coefficient (Wildman–Crippen LogP) is 4.50. The number of ether oxygens (including phenoxy) is 1. The minimum absolute atomic E-state index is 0.0491. The van der Waals surface area contributed by atoms with Crippen LogP contribution in [-0.4, -0.2) is 16.0 Å². The quantitative estimate of drug-likeness (QED) is 0.630. The lowest BCUT2D eigenvalue weighted by Crippen LogP contribution is -2.01. The maximum absolute atomic E-state index is 11.2. The highest BCUT2D eigenvalue weighted by Gasteiger charge is 2.17. The highest BCUT2D eigenvalue weighted by Crippen LogP contribution is 2.34. The van der Waals surface area contributed by atoms with Gasteiger partial charge in [0.2, 0.25) is 0 Å². The molecule has 0 aliphatic rings. The summed E-state index contributed by atoms with van der Waals surface area (Å²) in [5.41, 5.74) is -0.302. The molecule has 0 fully saturated rings. The average Bonchev–Trinajstić information content (AvgIpc) is 2.37. The van der Waals surface area contributed by atoms with E-state index in [1.165, 1.54) is 24.3 Å². The second-order valence-electron chi connectivity index (χ2n) is 3.89. The molecule has 0 saturated heterocycles. The van der Waals surface area contributed by atoms with E-state index in [1.54, 1.807) is 12.1 Å². The van der Waals surface area contributed by atoms with Gasteiger partial charge in [0.25, 0.3) is 5.69 Å². The summed E-state index contributed by atoms with van der Waals surface area (Å²) in [6, 6.07) is 8.44. The van der Waals surface area contributed by atoms with Gasteiger partial charge in [0.05, 0.1) is 4.92 Å². The monoisotopic (exact) mass is 371 g/mol. The molecule has 0 aliphatic carbocycles. The summed E-state index contributed by atoms with van der Waals surface area (Å²) in [7, 11) is 0. The number of carboxylic acids is 1. The van der Waals surface area contributed by atoms with Gasteiger partial charge in [-0.25, -0.2) is 4.79 Å². The lowest BCUT2D eigenvalue weighted by atomic mass is 10.2. The van der Waals surface area contributed by atoms with Gasteiger partial charge >= 0.3 is 5.97 Å². The second-order valence-corrected chi connectivity index (χ2v) is 5.15. The Bertz CT molecular complexity index is 734. The summed E-state index contributed by atoms with van der Waals surface area (Å²) in [5.74, 6) is -0.863. The zero-order chi connectivity index (χ0) is 15.6. The van der Waals surface area contributed by atoms with E-state index in [0.717, 1.165) is 0 Å². The van der Waals surface area contributed by atoms with Crippen molar-refractivity contribution in [3.05, 3.63) is 61.6 Å². The molecule has 0 spiro atoms. The van der Waals surface area contributed by atoms with Gasteiger partial charge < -0.3 is 9.84 Å². The lowest BCUT2D eigenvalue weighted by molar-refractivity contribution is -0.384. The van der Waals surface area contributed by atoms with Crippen LogP contribution in [0.1, 0.15) is 10.4 Å². The molecule has 2 aromatic rings. The van der Waals surface area contributed by atoms with E-state index in [1.807, 2.05) is 0 Å². The third kappa shape index (κ3) is 3.32. The van der Waals surface area contributed by atoms with Crippen LogP contribution >= 0.6 is 27.5 Å². The number of nitro groups is 1. The van der Waals surface area contributed by atoms with Crippen LogP contribution in [0.3, 0.4) is 0 Å². The van der Waals surface area contributed by atoms with E-state index in [-0.39, 0.29) is 27.8 Å². The van der Waals surface area contributed by atoms with Crippen molar-refractivity contribution in [2.24, 2.45) is 0 Å². The first-order valence-electron chi connectivity index (χ1n) is 5.53. The molecule has 0 bridgehead atoms. The summed E-state index contributed by atoms with van der Waals surface area (Å²) in [5, 5.41) is 19.8. The first-order chi connectivity index (χ1) is 9.90. The molecule has 2 aromatic carbocycles. The first kappa shape index (κ1) is 15.3. The molecule has 0 saturated carbocycles. The number of carboxylic acid groups (broad SMARTS) is 1. The number of hydrogen-bond acceptors (Lipinski definition) is 4. The van der Waals surface area contributed by atoms with Crippen molar-refractivity contribution in [3.63, 3.8) is 0 Å². The fraction of sp³-hybridized carbons (Fsp3) is 0. The molecule has 1 N–H and O–H groups in total. The number of rotatable bonds is 4. The number of halogens is 2. The van der Waals surface area contributed by atoms with Gasteiger partial charge in [-0.2, -0.15) is 0 Å². The smallest absolute Gasteiger partial charge is 0.340 e. The standard InChI is InChI=1S/C13H7BrClNO5/c14-8-2-1-3-11(12(8)13(17)18)21-7-4-5-10(16(19)20)9(15)6-7/h1-6H,(H,17,18). The molecule has 21 heavy (non-hydrogen) atoms. The molecule has 0 aromatic heterocycles. The van der Waals surface area contributed by atoms with Gasteiger partial charge in [0, 0.05) is 16.6 Å². The molecule has 0 radical (unpaired) electrons. The Hall–Kier alpha value is -2.12. The Labute approximate surface area is 132 Å². The van der Waals surface area contributed by atoms with Crippen molar-refractivity contribution < 1.29 is 19.6 Å². The van der Waals surface area contributed by atoms with Crippen LogP contribution in [0.25, 0.3) is 0 Å². The average molecular weight is 373 g/mol. The van der Waals surface area contributed by atoms with E-state index in [2.05, 4.69) is 15.9 Å². The second kappa shape index (κ2) is 6.11. The number of hydrogen-bond donors (Lipinski definition) is 1. The molecule has 0 aliphatic heterocycles. The van der Waals surface area contributed by atoms with Crippen molar-refractivity contribution >= 4 is 39.2 Å². The maximum Gasteiger partial charge on any atom is 0.340 e. The normalized spacial score (nSPS) is 10.2. The fourth-order valence-electron chi connectivity index (χ4n) is 1.62. The summed E-state index contributed by atoms with van der Waals surface area (Å²) in [4.78, 5) is 21.3. The summed E-state index contributed by atoms with van der Waals surface area (Å²) in [6.45, 7) is 0. The van der Waals surface area contributed by atoms with E-state index in [9.17, 15) is 20.0 Å². The largest absolute Gasteiger partial charge is 0.478 e. The Morgan fingerprint density at radius 3 is 2.62 bits per heavy atom. The van der Waals surface area contributed by atoms with Crippen LogP contribution in [0.4, 0.5) is 5.69 Å². The maximum atomic E-state index is 11.2. The molecule has 0 unspecified atom stereocenters. The lowest BCUT2D eigenvalue weighted by Gasteiger charge is -2.10. The van der Waals surface area contributed by atoms with Gasteiger partial charge in [-0.3, -0.25) is 10.1 Å². The topological polar surface area (TPSA) is 89.7 Å². The Balaban J connectivity index is 2.39. The van der Waals surface area contributed by atoms with Crippen molar-refractivity contribution in [3.8, 4) is 11.5 Å². The van der Waals surface area contributed by atoms with Crippen molar-refractivity contribution in [2.45, 2.75) is 0 Å². The fourth-order valence-corrected chi connectivity index (χ4v) is 2.38. The summed E-state index contributed by atoms with van der Waals surface area (Å²) < 4.78 is 5.81. The summed E-state index contributed by atoms with van der Waals surface area (Å²) >= 11 is 8.91.